The van der Waals surface area contributed by atoms with Crippen molar-refractivity contribution in [2.24, 2.45) is 0 Å². The van der Waals surface area contributed by atoms with Crippen LogP contribution in [0.5, 0.6) is 0 Å². The van der Waals surface area contributed by atoms with E-state index in [0.29, 0.717) is 6.04 Å². The number of hydrogen-bond acceptors (Lipinski definition) is 4. The minimum absolute atomic E-state index is 0.507. The van der Waals surface area contributed by atoms with Gasteiger partial charge in [-0.15, -0.1) is 0 Å². The summed E-state index contributed by atoms with van der Waals surface area (Å²) in [5.41, 5.74) is 2.35. The molecule has 19 heavy (non-hydrogen) atoms. The van der Waals surface area contributed by atoms with E-state index in [2.05, 4.69) is 54.0 Å². The van der Waals surface area contributed by atoms with E-state index in [1.807, 2.05) is 0 Å². The number of aromatic nitrogens is 1. The number of thioether (sulfide) groups is 1. The molecule has 106 valence electrons. The normalized spacial score (nSPS) is 17.6. The van der Waals surface area contributed by atoms with Gasteiger partial charge in [-0.1, -0.05) is 19.9 Å². The van der Waals surface area contributed by atoms with E-state index in [-0.39, 0.29) is 0 Å². The van der Waals surface area contributed by atoms with E-state index in [4.69, 9.17) is 4.98 Å². The van der Waals surface area contributed by atoms with Crippen LogP contribution in [0.2, 0.25) is 0 Å². The smallest absolute Gasteiger partial charge is 0.0547 e. The average molecular weight is 279 g/mol. The van der Waals surface area contributed by atoms with E-state index >= 15 is 0 Å². The monoisotopic (exact) mass is 279 g/mol. The maximum atomic E-state index is 4.76. The molecule has 0 radical (unpaired) electrons. The Morgan fingerprint density at radius 2 is 2.11 bits per heavy atom. The molecule has 1 fully saturated rings. The summed E-state index contributed by atoms with van der Waals surface area (Å²) in [5, 5.41) is 3.42. The van der Waals surface area contributed by atoms with Gasteiger partial charge in [0.2, 0.25) is 0 Å². The second-order valence-electron chi connectivity index (χ2n) is 5.40. The SMILES string of the molecule is CC(C)NCc1cccc(CN2CCCSCC2)n1. The first-order valence-electron chi connectivity index (χ1n) is 7.22. The lowest BCUT2D eigenvalue weighted by Crippen LogP contribution is -2.26. The molecule has 1 aromatic rings. The second kappa shape index (κ2) is 7.88. The van der Waals surface area contributed by atoms with Crippen LogP contribution in [0.4, 0.5) is 0 Å². The molecular weight excluding hydrogens is 254 g/mol. The van der Waals surface area contributed by atoms with Gasteiger partial charge in [0.05, 0.1) is 11.4 Å². The van der Waals surface area contributed by atoms with Gasteiger partial charge in [-0.05, 0) is 30.9 Å². The number of pyridine rings is 1. The molecule has 0 spiro atoms. The molecule has 3 nitrogen and oxygen atoms in total. The zero-order valence-corrected chi connectivity index (χ0v) is 12.9. The summed E-state index contributed by atoms with van der Waals surface area (Å²) in [4.78, 5) is 7.29. The van der Waals surface area contributed by atoms with Gasteiger partial charge < -0.3 is 5.32 Å². The topological polar surface area (TPSA) is 28.2 Å². The summed E-state index contributed by atoms with van der Waals surface area (Å²) >= 11 is 2.07. The van der Waals surface area contributed by atoms with Gasteiger partial charge in [-0.25, -0.2) is 0 Å². The Labute approximate surface area is 121 Å². The minimum atomic E-state index is 0.507. The Hall–Kier alpha value is -0.580. The van der Waals surface area contributed by atoms with Crippen LogP contribution in [0.15, 0.2) is 18.2 Å². The molecule has 1 aliphatic heterocycles. The number of hydrogen-bond donors (Lipinski definition) is 1. The highest BCUT2D eigenvalue weighted by molar-refractivity contribution is 7.99. The number of nitrogens with one attached hydrogen (secondary N) is 1. The quantitative estimate of drug-likeness (QED) is 0.896. The van der Waals surface area contributed by atoms with E-state index in [0.717, 1.165) is 18.8 Å². The maximum absolute atomic E-state index is 4.76. The lowest BCUT2D eigenvalue weighted by atomic mass is 10.2. The van der Waals surface area contributed by atoms with Crippen molar-refractivity contribution in [1.29, 1.82) is 0 Å². The van der Waals surface area contributed by atoms with Gasteiger partial charge in [0.15, 0.2) is 0 Å². The fourth-order valence-electron chi connectivity index (χ4n) is 2.21. The predicted molar refractivity (Wildman–Crippen MR) is 83.4 cm³/mol. The van der Waals surface area contributed by atoms with Crippen molar-refractivity contribution in [3.05, 3.63) is 29.6 Å². The molecule has 1 saturated heterocycles. The van der Waals surface area contributed by atoms with Crippen LogP contribution in [-0.4, -0.2) is 40.5 Å². The molecule has 1 aromatic heterocycles. The maximum Gasteiger partial charge on any atom is 0.0547 e. The molecule has 0 aromatic carbocycles. The zero-order chi connectivity index (χ0) is 13.5. The standard InChI is InChI=1S/C15H25N3S/c1-13(2)16-11-14-5-3-6-15(17-14)12-18-7-4-9-19-10-8-18/h3,5-6,13,16H,4,7-12H2,1-2H3. The number of rotatable bonds is 5. The van der Waals surface area contributed by atoms with E-state index in [9.17, 15) is 0 Å². The van der Waals surface area contributed by atoms with E-state index < -0.39 is 0 Å². The fourth-order valence-corrected chi connectivity index (χ4v) is 3.13. The van der Waals surface area contributed by atoms with Crippen LogP contribution in [0, 0.1) is 0 Å². The van der Waals surface area contributed by atoms with Crippen molar-refractivity contribution in [3.8, 4) is 0 Å². The molecule has 0 atom stereocenters. The van der Waals surface area contributed by atoms with Crippen molar-refractivity contribution in [3.63, 3.8) is 0 Å². The molecule has 4 heteroatoms. The third kappa shape index (κ3) is 5.51. The molecule has 0 bridgehead atoms. The summed E-state index contributed by atoms with van der Waals surface area (Å²) in [5.74, 6) is 2.57. The van der Waals surface area contributed by atoms with Gasteiger partial charge in [0.1, 0.15) is 0 Å². The third-order valence-corrected chi connectivity index (χ3v) is 4.30. The van der Waals surface area contributed by atoms with Crippen LogP contribution in [0.25, 0.3) is 0 Å². The number of nitrogens with zero attached hydrogens (tertiary/aromatic N) is 2. The minimum Gasteiger partial charge on any atom is -0.309 e. The molecule has 0 aliphatic carbocycles. The summed E-state index contributed by atoms with van der Waals surface area (Å²) in [6, 6.07) is 6.90. The highest BCUT2D eigenvalue weighted by Crippen LogP contribution is 2.12. The molecule has 2 rings (SSSR count). The van der Waals surface area contributed by atoms with Gasteiger partial charge in [-0.2, -0.15) is 11.8 Å². The first-order chi connectivity index (χ1) is 9.24. The van der Waals surface area contributed by atoms with Crippen molar-refractivity contribution in [1.82, 2.24) is 15.2 Å². The summed E-state index contributed by atoms with van der Waals surface area (Å²) in [6.45, 7) is 8.60. The van der Waals surface area contributed by atoms with Gasteiger partial charge in [0, 0.05) is 31.4 Å². The Morgan fingerprint density at radius 3 is 2.95 bits per heavy atom. The highest BCUT2D eigenvalue weighted by Gasteiger charge is 2.10. The molecule has 1 aliphatic rings. The molecule has 1 N–H and O–H groups in total. The first-order valence-corrected chi connectivity index (χ1v) is 8.38. The third-order valence-electron chi connectivity index (χ3n) is 3.26. The van der Waals surface area contributed by atoms with Crippen molar-refractivity contribution in [2.75, 3.05) is 24.6 Å². The molecule has 2 heterocycles. The summed E-state index contributed by atoms with van der Waals surface area (Å²) < 4.78 is 0. The zero-order valence-electron chi connectivity index (χ0n) is 12.1. The van der Waals surface area contributed by atoms with E-state index in [1.54, 1.807) is 0 Å². The van der Waals surface area contributed by atoms with Crippen molar-refractivity contribution in [2.45, 2.75) is 39.4 Å². The molecular formula is C15H25N3S. The summed E-state index contributed by atoms with van der Waals surface area (Å²) in [6.07, 6.45) is 1.30. The van der Waals surface area contributed by atoms with Crippen LogP contribution >= 0.6 is 11.8 Å². The Balaban J connectivity index is 1.90. The molecule has 0 saturated carbocycles. The van der Waals surface area contributed by atoms with Crippen LogP contribution in [0.3, 0.4) is 0 Å². The summed E-state index contributed by atoms with van der Waals surface area (Å²) in [7, 11) is 0. The highest BCUT2D eigenvalue weighted by atomic mass is 32.2. The molecule has 0 unspecified atom stereocenters. The van der Waals surface area contributed by atoms with E-state index in [1.165, 1.54) is 36.7 Å². The lowest BCUT2D eigenvalue weighted by molar-refractivity contribution is 0.284. The molecule has 0 amide bonds. The lowest BCUT2D eigenvalue weighted by Gasteiger charge is -2.19. The van der Waals surface area contributed by atoms with Gasteiger partial charge >= 0.3 is 0 Å². The van der Waals surface area contributed by atoms with Crippen LogP contribution < -0.4 is 5.32 Å². The largest absolute Gasteiger partial charge is 0.309 e. The van der Waals surface area contributed by atoms with Crippen molar-refractivity contribution < 1.29 is 0 Å². The first kappa shape index (κ1) is 14.8. The fraction of sp³-hybridized carbons (Fsp3) is 0.667. The predicted octanol–water partition coefficient (Wildman–Crippen LogP) is 2.52. The van der Waals surface area contributed by atoms with Crippen LogP contribution in [-0.2, 0) is 13.1 Å². The average Bonchev–Trinajstić information content (AvgIpc) is 2.65. The Morgan fingerprint density at radius 1 is 1.26 bits per heavy atom. The van der Waals surface area contributed by atoms with Gasteiger partial charge in [-0.3, -0.25) is 9.88 Å². The second-order valence-corrected chi connectivity index (χ2v) is 6.62. The van der Waals surface area contributed by atoms with Gasteiger partial charge in [0.25, 0.3) is 0 Å². The van der Waals surface area contributed by atoms with Crippen LogP contribution in [0.1, 0.15) is 31.7 Å². The Kier molecular flexibility index (Phi) is 6.14. The Bertz CT molecular complexity index is 373. The van der Waals surface area contributed by atoms with Crippen molar-refractivity contribution >= 4 is 11.8 Å².